The average Bonchev–Trinajstić information content (AvgIpc) is 3.28. The Labute approximate surface area is 150 Å². The molecule has 0 saturated heterocycles. The minimum atomic E-state index is -0.150. The fourth-order valence-corrected chi connectivity index (χ4v) is 3.20. The standard InChI is InChI=1S/C18H20N4O2S/c1-12-11-25-17(19-12)13(2)22(3)18(23)16-9-14(20-21-16)10-24-15-7-5-4-6-8-15/h4-9,11,13H,10H2,1-3H3,(H,20,21). The molecule has 1 atom stereocenters. The zero-order chi connectivity index (χ0) is 17.8. The number of hydrogen-bond donors (Lipinski definition) is 1. The van der Waals surface area contributed by atoms with Crippen LogP contribution in [-0.2, 0) is 6.61 Å². The van der Waals surface area contributed by atoms with Crippen molar-refractivity contribution < 1.29 is 9.53 Å². The number of aryl methyl sites for hydroxylation is 1. The number of aromatic nitrogens is 3. The highest BCUT2D eigenvalue weighted by atomic mass is 32.1. The fourth-order valence-electron chi connectivity index (χ4n) is 2.31. The molecule has 1 N–H and O–H groups in total. The van der Waals surface area contributed by atoms with E-state index in [1.165, 1.54) is 0 Å². The van der Waals surface area contributed by atoms with E-state index in [4.69, 9.17) is 4.74 Å². The van der Waals surface area contributed by atoms with Crippen molar-refractivity contribution in [1.82, 2.24) is 20.1 Å². The summed E-state index contributed by atoms with van der Waals surface area (Å²) >= 11 is 1.56. The second kappa shape index (κ2) is 7.48. The molecule has 0 radical (unpaired) electrons. The monoisotopic (exact) mass is 356 g/mol. The van der Waals surface area contributed by atoms with Gasteiger partial charge in [-0.2, -0.15) is 5.10 Å². The number of benzene rings is 1. The number of hydrogen-bond acceptors (Lipinski definition) is 5. The summed E-state index contributed by atoms with van der Waals surface area (Å²) in [6.07, 6.45) is 0. The maximum absolute atomic E-state index is 12.6. The van der Waals surface area contributed by atoms with E-state index in [2.05, 4.69) is 15.2 Å². The molecular formula is C18H20N4O2S. The van der Waals surface area contributed by atoms with Gasteiger partial charge < -0.3 is 9.64 Å². The number of nitrogens with one attached hydrogen (secondary N) is 1. The van der Waals surface area contributed by atoms with Crippen molar-refractivity contribution in [3.05, 3.63) is 63.9 Å². The quantitative estimate of drug-likeness (QED) is 0.733. The van der Waals surface area contributed by atoms with Crippen molar-refractivity contribution in [3.63, 3.8) is 0 Å². The van der Waals surface area contributed by atoms with Gasteiger partial charge >= 0.3 is 0 Å². The fraction of sp³-hybridized carbons (Fsp3) is 0.278. The van der Waals surface area contributed by atoms with Gasteiger partial charge in [0.2, 0.25) is 0 Å². The Morgan fingerprint density at radius 3 is 2.80 bits per heavy atom. The van der Waals surface area contributed by atoms with Crippen LogP contribution in [0.2, 0.25) is 0 Å². The Morgan fingerprint density at radius 1 is 1.36 bits per heavy atom. The summed E-state index contributed by atoms with van der Waals surface area (Å²) in [6, 6.07) is 11.1. The predicted molar refractivity (Wildman–Crippen MR) is 96.7 cm³/mol. The molecule has 3 rings (SSSR count). The molecule has 1 unspecified atom stereocenters. The van der Waals surface area contributed by atoms with E-state index in [-0.39, 0.29) is 11.9 Å². The molecule has 3 aromatic rings. The lowest BCUT2D eigenvalue weighted by molar-refractivity contribution is 0.0736. The summed E-state index contributed by atoms with van der Waals surface area (Å²) in [5.74, 6) is 0.623. The van der Waals surface area contributed by atoms with E-state index in [0.29, 0.717) is 12.3 Å². The molecule has 7 heteroatoms. The van der Waals surface area contributed by atoms with Crippen molar-refractivity contribution in [1.29, 1.82) is 0 Å². The van der Waals surface area contributed by atoms with Gasteiger partial charge in [-0.25, -0.2) is 4.98 Å². The van der Waals surface area contributed by atoms with Gasteiger partial charge in [0.15, 0.2) is 5.69 Å². The molecule has 6 nitrogen and oxygen atoms in total. The van der Waals surface area contributed by atoms with Crippen LogP contribution < -0.4 is 4.74 Å². The van der Waals surface area contributed by atoms with Crippen LogP contribution in [0.3, 0.4) is 0 Å². The number of thiazole rings is 1. The first kappa shape index (κ1) is 17.2. The molecule has 0 aliphatic carbocycles. The normalized spacial score (nSPS) is 12.0. The van der Waals surface area contributed by atoms with Gasteiger partial charge in [-0.1, -0.05) is 18.2 Å². The van der Waals surface area contributed by atoms with Crippen molar-refractivity contribution in [3.8, 4) is 5.75 Å². The molecule has 0 aliphatic heterocycles. The van der Waals surface area contributed by atoms with Crippen molar-refractivity contribution >= 4 is 17.2 Å². The van der Waals surface area contributed by atoms with Crippen LogP contribution >= 0.6 is 11.3 Å². The first-order valence-corrected chi connectivity index (χ1v) is 8.84. The number of nitrogens with zero attached hydrogens (tertiary/aromatic N) is 3. The lowest BCUT2D eigenvalue weighted by atomic mass is 10.2. The van der Waals surface area contributed by atoms with Crippen LogP contribution in [0.25, 0.3) is 0 Å². The highest BCUT2D eigenvalue weighted by molar-refractivity contribution is 7.09. The molecule has 2 heterocycles. The van der Waals surface area contributed by atoms with Gasteiger partial charge in [0.1, 0.15) is 17.4 Å². The number of carbonyl (C=O) groups is 1. The molecule has 1 aromatic carbocycles. The topological polar surface area (TPSA) is 71.1 Å². The number of amides is 1. The predicted octanol–water partition coefficient (Wildman–Crippen LogP) is 3.59. The van der Waals surface area contributed by atoms with Crippen molar-refractivity contribution in [2.45, 2.75) is 26.5 Å². The van der Waals surface area contributed by atoms with E-state index in [1.807, 2.05) is 49.6 Å². The Hall–Kier alpha value is -2.67. The number of ether oxygens (including phenoxy) is 1. The lowest BCUT2D eigenvalue weighted by Gasteiger charge is -2.22. The molecule has 2 aromatic heterocycles. The summed E-state index contributed by atoms with van der Waals surface area (Å²) < 4.78 is 5.66. The molecule has 0 spiro atoms. The zero-order valence-electron chi connectivity index (χ0n) is 14.4. The van der Waals surface area contributed by atoms with E-state index in [1.54, 1.807) is 29.4 Å². The van der Waals surface area contributed by atoms with Gasteiger partial charge in [-0.05, 0) is 32.0 Å². The molecule has 0 saturated carbocycles. The maximum atomic E-state index is 12.6. The Bertz CT molecular complexity index is 844. The third kappa shape index (κ3) is 4.06. The SMILES string of the molecule is Cc1csc(C(C)N(C)C(=O)c2cc(COc3ccccc3)[nH]n2)n1. The van der Waals surface area contributed by atoms with Gasteiger partial charge in [0, 0.05) is 18.1 Å². The average molecular weight is 356 g/mol. The molecule has 0 fully saturated rings. The molecule has 0 aliphatic rings. The first-order valence-electron chi connectivity index (χ1n) is 7.96. The molecule has 25 heavy (non-hydrogen) atoms. The third-order valence-corrected chi connectivity index (χ3v) is 5.02. The first-order chi connectivity index (χ1) is 12.0. The number of para-hydroxylation sites is 1. The lowest BCUT2D eigenvalue weighted by Crippen LogP contribution is -2.29. The zero-order valence-corrected chi connectivity index (χ0v) is 15.2. The minimum Gasteiger partial charge on any atom is -0.487 e. The molecule has 0 bridgehead atoms. The van der Waals surface area contributed by atoms with Gasteiger partial charge in [-0.15, -0.1) is 11.3 Å². The van der Waals surface area contributed by atoms with Crippen molar-refractivity contribution in [2.75, 3.05) is 7.05 Å². The molecular weight excluding hydrogens is 336 g/mol. The van der Waals surface area contributed by atoms with E-state index in [0.717, 1.165) is 22.1 Å². The summed E-state index contributed by atoms with van der Waals surface area (Å²) in [4.78, 5) is 18.7. The van der Waals surface area contributed by atoms with E-state index >= 15 is 0 Å². The summed E-state index contributed by atoms with van der Waals surface area (Å²) in [5.41, 5.74) is 2.08. The van der Waals surface area contributed by atoms with Crippen LogP contribution in [0.4, 0.5) is 0 Å². The van der Waals surface area contributed by atoms with Crippen LogP contribution in [0.5, 0.6) is 5.75 Å². The summed E-state index contributed by atoms with van der Waals surface area (Å²) in [5, 5.41) is 9.87. The van der Waals surface area contributed by atoms with Crippen LogP contribution in [-0.4, -0.2) is 33.0 Å². The van der Waals surface area contributed by atoms with Crippen molar-refractivity contribution in [2.24, 2.45) is 0 Å². The van der Waals surface area contributed by atoms with Crippen LogP contribution in [0.15, 0.2) is 41.8 Å². The van der Waals surface area contributed by atoms with Gasteiger partial charge in [0.25, 0.3) is 5.91 Å². The second-order valence-electron chi connectivity index (χ2n) is 5.80. The Kier molecular flexibility index (Phi) is 5.14. The number of carbonyl (C=O) groups excluding carboxylic acids is 1. The van der Waals surface area contributed by atoms with Crippen LogP contribution in [0, 0.1) is 6.92 Å². The van der Waals surface area contributed by atoms with Crippen LogP contribution in [0.1, 0.15) is 39.8 Å². The number of aromatic amines is 1. The molecule has 130 valence electrons. The highest BCUT2D eigenvalue weighted by Gasteiger charge is 2.23. The molecule has 1 amide bonds. The summed E-state index contributed by atoms with van der Waals surface area (Å²) in [7, 11) is 1.76. The number of H-pyrrole nitrogens is 1. The Morgan fingerprint density at radius 2 is 2.12 bits per heavy atom. The Balaban J connectivity index is 1.63. The largest absolute Gasteiger partial charge is 0.487 e. The highest BCUT2D eigenvalue weighted by Crippen LogP contribution is 2.23. The maximum Gasteiger partial charge on any atom is 0.274 e. The van der Waals surface area contributed by atoms with E-state index < -0.39 is 0 Å². The summed E-state index contributed by atoms with van der Waals surface area (Å²) in [6.45, 7) is 4.23. The smallest absolute Gasteiger partial charge is 0.274 e. The number of rotatable bonds is 6. The van der Waals surface area contributed by atoms with Gasteiger partial charge in [0.05, 0.1) is 11.7 Å². The third-order valence-electron chi connectivity index (χ3n) is 3.88. The van der Waals surface area contributed by atoms with E-state index in [9.17, 15) is 4.79 Å². The minimum absolute atomic E-state index is 0.105. The second-order valence-corrected chi connectivity index (χ2v) is 6.69. The van der Waals surface area contributed by atoms with Gasteiger partial charge in [-0.3, -0.25) is 9.89 Å².